The van der Waals surface area contributed by atoms with Crippen molar-refractivity contribution in [3.63, 3.8) is 0 Å². The molecule has 0 amide bonds. The number of hydrogen-bond donors (Lipinski definition) is 1. The zero-order valence-electron chi connectivity index (χ0n) is 12.0. The van der Waals surface area contributed by atoms with E-state index in [1.165, 1.54) is 25.1 Å². The Hall–Kier alpha value is -0.860. The predicted molar refractivity (Wildman–Crippen MR) is 77.7 cm³/mol. The summed E-state index contributed by atoms with van der Waals surface area (Å²) in [5.41, 5.74) is 3.41. The van der Waals surface area contributed by atoms with Crippen molar-refractivity contribution >= 4 is 0 Å². The van der Waals surface area contributed by atoms with E-state index in [0.717, 1.165) is 19.6 Å². The average Bonchev–Trinajstić information content (AvgIpc) is 2.36. The number of nitrogens with one attached hydrogen (secondary N) is 1. The van der Waals surface area contributed by atoms with Crippen LogP contribution in [0, 0.1) is 5.41 Å². The van der Waals surface area contributed by atoms with Crippen LogP contribution in [0.2, 0.25) is 0 Å². The molecule has 2 heteroatoms. The highest BCUT2D eigenvalue weighted by Gasteiger charge is 2.24. The largest absolute Gasteiger partial charge is 0.316 e. The van der Waals surface area contributed by atoms with Gasteiger partial charge in [0, 0.05) is 26.2 Å². The first-order chi connectivity index (χ1) is 8.61. The summed E-state index contributed by atoms with van der Waals surface area (Å²) in [6, 6.07) is 8.87. The Balaban J connectivity index is 1.93. The molecule has 1 aliphatic rings. The first-order valence-electron chi connectivity index (χ1n) is 7.10. The van der Waals surface area contributed by atoms with Gasteiger partial charge in [0.2, 0.25) is 0 Å². The van der Waals surface area contributed by atoms with Crippen molar-refractivity contribution in [3.05, 3.63) is 35.4 Å². The van der Waals surface area contributed by atoms with E-state index in [0.29, 0.717) is 5.41 Å². The lowest BCUT2D eigenvalue weighted by Gasteiger charge is -2.35. The quantitative estimate of drug-likeness (QED) is 0.859. The van der Waals surface area contributed by atoms with E-state index in [2.05, 4.69) is 55.3 Å². The molecule has 1 aliphatic heterocycles. The van der Waals surface area contributed by atoms with Crippen LogP contribution < -0.4 is 5.32 Å². The minimum absolute atomic E-state index is 0.349. The van der Waals surface area contributed by atoms with Crippen LogP contribution in [0.25, 0.3) is 0 Å². The summed E-state index contributed by atoms with van der Waals surface area (Å²) < 4.78 is 0. The van der Waals surface area contributed by atoms with Gasteiger partial charge in [0.05, 0.1) is 0 Å². The number of benzene rings is 1. The van der Waals surface area contributed by atoms with E-state index in [1.807, 2.05) is 0 Å². The first kappa shape index (κ1) is 13.6. The van der Waals surface area contributed by atoms with Gasteiger partial charge in [0.1, 0.15) is 0 Å². The molecular weight excluding hydrogens is 220 g/mol. The van der Waals surface area contributed by atoms with Crippen molar-refractivity contribution in [2.75, 3.05) is 26.2 Å². The summed E-state index contributed by atoms with van der Waals surface area (Å²) in [7, 11) is 0. The van der Waals surface area contributed by atoms with Crippen molar-refractivity contribution < 1.29 is 0 Å². The Kier molecular flexibility index (Phi) is 4.41. The molecule has 0 atom stereocenters. The van der Waals surface area contributed by atoms with Crippen molar-refractivity contribution in [3.8, 4) is 0 Å². The highest BCUT2D eigenvalue weighted by molar-refractivity contribution is 5.29. The van der Waals surface area contributed by atoms with E-state index in [-0.39, 0.29) is 0 Å². The molecule has 18 heavy (non-hydrogen) atoms. The SMILES string of the molecule is CCNCC(C)(C)CN1CCc2ccccc2C1. The second-order valence-electron chi connectivity index (χ2n) is 6.17. The van der Waals surface area contributed by atoms with Crippen molar-refractivity contribution in [1.82, 2.24) is 10.2 Å². The molecule has 1 heterocycles. The topological polar surface area (TPSA) is 15.3 Å². The number of nitrogens with zero attached hydrogens (tertiary/aromatic N) is 1. The Morgan fingerprint density at radius 3 is 2.67 bits per heavy atom. The summed E-state index contributed by atoms with van der Waals surface area (Å²) in [5.74, 6) is 0. The molecular formula is C16H26N2. The molecule has 0 fully saturated rings. The molecule has 0 spiro atoms. The van der Waals surface area contributed by atoms with Gasteiger partial charge in [-0.1, -0.05) is 45.0 Å². The molecule has 0 unspecified atom stereocenters. The maximum absolute atomic E-state index is 3.47. The fraction of sp³-hybridized carbons (Fsp3) is 0.625. The summed E-state index contributed by atoms with van der Waals surface area (Å²) in [4.78, 5) is 2.60. The van der Waals surface area contributed by atoms with Crippen molar-refractivity contribution in [1.29, 1.82) is 0 Å². The Morgan fingerprint density at radius 1 is 1.22 bits per heavy atom. The van der Waals surface area contributed by atoms with Crippen LogP contribution in [0.3, 0.4) is 0 Å². The minimum Gasteiger partial charge on any atom is -0.316 e. The Labute approximate surface area is 111 Å². The van der Waals surface area contributed by atoms with Gasteiger partial charge in [-0.3, -0.25) is 4.90 Å². The third-order valence-corrected chi connectivity index (χ3v) is 3.71. The van der Waals surface area contributed by atoms with E-state index >= 15 is 0 Å². The predicted octanol–water partition coefficient (Wildman–Crippen LogP) is 2.68. The van der Waals surface area contributed by atoms with Gasteiger partial charge < -0.3 is 5.32 Å². The van der Waals surface area contributed by atoms with Crippen molar-refractivity contribution in [2.24, 2.45) is 5.41 Å². The fourth-order valence-corrected chi connectivity index (χ4v) is 2.81. The van der Waals surface area contributed by atoms with E-state index < -0.39 is 0 Å². The van der Waals surface area contributed by atoms with Crippen molar-refractivity contribution in [2.45, 2.75) is 33.7 Å². The molecule has 0 aromatic heterocycles. The molecule has 0 bridgehead atoms. The normalized spacial score (nSPS) is 16.6. The van der Waals surface area contributed by atoms with E-state index in [9.17, 15) is 0 Å². The molecule has 2 nitrogen and oxygen atoms in total. The van der Waals surface area contributed by atoms with Crippen LogP contribution >= 0.6 is 0 Å². The van der Waals surface area contributed by atoms with E-state index in [1.54, 1.807) is 5.56 Å². The smallest absolute Gasteiger partial charge is 0.0236 e. The number of fused-ring (bicyclic) bond motifs is 1. The second kappa shape index (κ2) is 5.85. The number of hydrogen-bond acceptors (Lipinski definition) is 2. The molecule has 1 aromatic carbocycles. The van der Waals surface area contributed by atoms with E-state index in [4.69, 9.17) is 0 Å². The van der Waals surface area contributed by atoms with Crippen LogP contribution in [0.15, 0.2) is 24.3 Å². The molecule has 1 aromatic rings. The third-order valence-electron chi connectivity index (χ3n) is 3.71. The summed E-state index contributed by atoms with van der Waals surface area (Å²) >= 11 is 0. The lowest BCUT2D eigenvalue weighted by Crippen LogP contribution is -2.42. The molecule has 2 rings (SSSR count). The number of rotatable bonds is 5. The van der Waals surface area contributed by atoms with Gasteiger partial charge in [0.25, 0.3) is 0 Å². The lowest BCUT2D eigenvalue weighted by atomic mass is 9.90. The maximum Gasteiger partial charge on any atom is 0.0236 e. The molecule has 0 saturated carbocycles. The summed E-state index contributed by atoms with van der Waals surface area (Å²) in [6.07, 6.45) is 1.20. The fourth-order valence-electron chi connectivity index (χ4n) is 2.81. The van der Waals surface area contributed by atoms with Gasteiger partial charge in [0.15, 0.2) is 0 Å². The van der Waals surface area contributed by atoms with Crippen LogP contribution in [-0.2, 0) is 13.0 Å². The van der Waals surface area contributed by atoms with Gasteiger partial charge in [-0.25, -0.2) is 0 Å². The molecule has 0 radical (unpaired) electrons. The zero-order valence-corrected chi connectivity index (χ0v) is 12.0. The van der Waals surface area contributed by atoms with Crippen LogP contribution in [0.5, 0.6) is 0 Å². The molecule has 0 aliphatic carbocycles. The third kappa shape index (κ3) is 3.56. The lowest BCUT2D eigenvalue weighted by molar-refractivity contribution is 0.162. The Morgan fingerprint density at radius 2 is 1.94 bits per heavy atom. The molecule has 1 N–H and O–H groups in total. The van der Waals surface area contributed by atoms with Crippen LogP contribution in [-0.4, -0.2) is 31.1 Å². The molecule has 0 saturated heterocycles. The second-order valence-corrected chi connectivity index (χ2v) is 6.17. The monoisotopic (exact) mass is 246 g/mol. The highest BCUT2D eigenvalue weighted by Crippen LogP contribution is 2.23. The van der Waals surface area contributed by atoms with Gasteiger partial charge in [-0.05, 0) is 29.5 Å². The summed E-state index contributed by atoms with van der Waals surface area (Å²) in [6.45, 7) is 12.5. The minimum atomic E-state index is 0.349. The van der Waals surface area contributed by atoms with Gasteiger partial charge in [-0.15, -0.1) is 0 Å². The molecule has 100 valence electrons. The first-order valence-corrected chi connectivity index (χ1v) is 7.10. The average molecular weight is 246 g/mol. The van der Waals surface area contributed by atoms with Gasteiger partial charge in [-0.2, -0.15) is 0 Å². The van der Waals surface area contributed by atoms with Crippen LogP contribution in [0.4, 0.5) is 0 Å². The highest BCUT2D eigenvalue weighted by atomic mass is 15.1. The van der Waals surface area contributed by atoms with Crippen LogP contribution in [0.1, 0.15) is 31.9 Å². The van der Waals surface area contributed by atoms with Gasteiger partial charge >= 0.3 is 0 Å². The maximum atomic E-state index is 3.47. The summed E-state index contributed by atoms with van der Waals surface area (Å²) in [5, 5.41) is 3.47. The zero-order chi connectivity index (χ0) is 13.0. The Bertz CT molecular complexity index is 384. The standard InChI is InChI=1S/C16H26N2/c1-4-17-12-16(2,3)13-18-10-9-14-7-5-6-8-15(14)11-18/h5-8,17H,4,9-13H2,1-3H3.